The summed E-state index contributed by atoms with van der Waals surface area (Å²) in [6.07, 6.45) is 1.59. The summed E-state index contributed by atoms with van der Waals surface area (Å²) in [5, 5.41) is 5.47. The minimum atomic E-state index is -0.253. The van der Waals surface area contributed by atoms with Crippen molar-refractivity contribution >= 4 is 35.6 Å². The smallest absolute Gasteiger partial charge is 0.275 e. The normalized spacial score (nSPS) is 6.93. The molecule has 0 saturated carbocycles. The van der Waals surface area contributed by atoms with Crippen LogP contribution >= 0.6 is 11.3 Å². The molecule has 0 saturated heterocycles. The Bertz CT molecular complexity index is 1750. The number of carbonyl (C=O) groups is 1. The first-order chi connectivity index (χ1) is 20.5. The molecule has 0 bridgehead atoms. The molecule has 2 heterocycles. The number of rotatable bonds is 3. The third kappa shape index (κ3) is 17.3. The Labute approximate surface area is 259 Å². The van der Waals surface area contributed by atoms with Crippen molar-refractivity contribution < 1.29 is 13.3 Å². The molecule has 0 unspecified atom stereocenters. The number of hydrogen-bond donors (Lipinski definition) is 2. The van der Waals surface area contributed by atoms with Crippen molar-refractivity contribution in [3.05, 3.63) is 75.7 Å². The van der Waals surface area contributed by atoms with Gasteiger partial charge in [0.1, 0.15) is 16.5 Å². The molecule has 0 aliphatic carbocycles. The third-order valence-corrected chi connectivity index (χ3v) is 4.77. The van der Waals surface area contributed by atoms with Crippen molar-refractivity contribution in [2.75, 3.05) is 5.32 Å². The Kier molecular flexibility index (Phi) is 21.3. The molecular weight excluding hydrogens is 565 g/mol. The van der Waals surface area contributed by atoms with E-state index in [9.17, 15) is 4.79 Å². The van der Waals surface area contributed by atoms with E-state index in [2.05, 4.69) is 111 Å². The molecule has 1 amide bonds. The van der Waals surface area contributed by atoms with Crippen molar-refractivity contribution in [2.24, 2.45) is 0 Å². The van der Waals surface area contributed by atoms with Crippen molar-refractivity contribution in [3.63, 3.8) is 0 Å². The zero-order chi connectivity index (χ0) is 31.3. The molecular formula is C32H26N6O2S2. The van der Waals surface area contributed by atoms with Crippen LogP contribution in [0.25, 0.3) is 21.0 Å². The first-order valence-electron chi connectivity index (χ1n) is 11.3. The standard InChI is InChI=1S/C16H13N3OS.C16H6.HN3.OS.3H2/c1-11-5-7-12(8-6-11)16-19-14(10-21-16)18-15(20)13-4-2-3-9-17-13;1-3-5-7-9-11-13-15-16-14-12-10-8-6-4-2;1-3-2;1-2;;;/h2-10H,1H3,(H,18,20);1-2H3;1H;;3*1H. The quantitative estimate of drug-likeness (QED) is 0.165. The Morgan fingerprint density at radius 2 is 1.36 bits per heavy atom. The van der Waals surface area contributed by atoms with Gasteiger partial charge < -0.3 is 5.32 Å². The summed E-state index contributed by atoms with van der Waals surface area (Å²) in [6.45, 7) is 5.47. The number of benzene rings is 1. The highest BCUT2D eigenvalue weighted by Gasteiger charge is 2.10. The van der Waals surface area contributed by atoms with Crippen LogP contribution in [0.1, 0.15) is 34.2 Å². The highest BCUT2D eigenvalue weighted by atomic mass is 32.1. The van der Waals surface area contributed by atoms with Crippen LogP contribution in [0.15, 0.2) is 54.0 Å². The Morgan fingerprint density at radius 3 is 1.79 bits per heavy atom. The number of amides is 1. The summed E-state index contributed by atoms with van der Waals surface area (Å²) in [7, 11) is 0. The van der Waals surface area contributed by atoms with Gasteiger partial charge in [0.15, 0.2) is 12.5 Å². The van der Waals surface area contributed by atoms with Gasteiger partial charge in [0.05, 0.1) is 0 Å². The van der Waals surface area contributed by atoms with Crippen LogP contribution in [0, 0.1) is 95.3 Å². The molecule has 42 heavy (non-hydrogen) atoms. The van der Waals surface area contributed by atoms with Gasteiger partial charge in [-0.25, -0.2) is 4.98 Å². The highest BCUT2D eigenvalue weighted by molar-refractivity contribution is 7.44. The van der Waals surface area contributed by atoms with Crippen molar-refractivity contribution in [1.29, 1.82) is 5.53 Å². The molecule has 0 atom stereocenters. The van der Waals surface area contributed by atoms with E-state index in [1.54, 1.807) is 43.2 Å². The SMILES string of the molecule is CC#CC#CC#CC#CC#CC#CC#CC.Cc1ccc(-c2nc(NC(=O)c3ccccn3)cs2)cc1.O=S.[HH].[HH].[HH].[N-]=[N+]=N. The number of nitrogens with zero attached hydrogens (tertiary/aromatic N) is 4. The van der Waals surface area contributed by atoms with Gasteiger partial charge in [-0.2, -0.15) is 4.21 Å². The molecule has 0 aliphatic rings. The fourth-order valence-corrected chi connectivity index (χ4v) is 3.03. The average molecular weight is 591 g/mol. The lowest BCUT2D eigenvalue weighted by molar-refractivity contribution is 0.102. The molecule has 2 N–H and O–H groups in total. The van der Waals surface area contributed by atoms with Crippen LogP contribution in [0.4, 0.5) is 5.82 Å². The Balaban J connectivity index is -0.000000317. The van der Waals surface area contributed by atoms with Gasteiger partial charge in [-0.1, -0.05) is 47.7 Å². The van der Waals surface area contributed by atoms with E-state index in [0.717, 1.165) is 10.6 Å². The minimum Gasteiger partial charge on any atom is -0.304 e. The van der Waals surface area contributed by atoms with Crippen LogP contribution in [-0.4, -0.2) is 20.1 Å². The van der Waals surface area contributed by atoms with Gasteiger partial charge in [0.25, 0.3) is 5.91 Å². The number of pyridine rings is 1. The fraction of sp³-hybridized carbons (Fsp3) is 0.0938. The maximum Gasteiger partial charge on any atom is 0.275 e. The van der Waals surface area contributed by atoms with E-state index < -0.39 is 0 Å². The van der Waals surface area contributed by atoms with Crippen LogP contribution in [0.3, 0.4) is 0 Å². The largest absolute Gasteiger partial charge is 0.304 e. The van der Waals surface area contributed by atoms with E-state index in [1.165, 1.54) is 16.9 Å². The zero-order valence-corrected chi connectivity index (χ0v) is 24.3. The highest BCUT2D eigenvalue weighted by Crippen LogP contribution is 2.26. The van der Waals surface area contributed by atoms with E-state index in [-0.39, 0.29) is 10.2 Å². The topological polar surface area (TPSA) is 132 Å². The summed E-state index contributed by atoms with van der Waals surface area (Å²) in [4.78, 5) is 22.2. The van der Waals surface area contributed by atoms with Crippen LogP contribution in [0.2, 0.25) is 0 Å². The zero-order valence-electron chi connectivity index (χ0n) is 22.6. The second-order valence-corrected chi connectivity index (χ2v) is 7.53. The second-order valence-electron chi connectivity index (χ2n) is 6.67. The van der Waals surface area contributed by atoms with E-state index in [4.69, 9.17) is 15.3 Å². The molecule has 3 rings (SSSR count). The molecule has 0 spiro atoms. The second kappa shape index (κ2) is 25.0. The number of carbonyl (C=O) groups excluding carboxylic acids is 1. The van der Waals surface area contributed by atoms with Crippen LogP contribution in [0.5, 0.6) is 0 Å². The summed E-state index contributed by atoms with van der Waals surface area (Å²) < 4.78 is 7.83. The van der Waals surface area contributed by atoms with Crippen molar-refractivity contribution in [2.45, 2.75) is 20.8 Å². The molecule has 1 aromatic carbocycles. The molecule has 0 aliphatic heterocycles. The molecule has 10 heteroatoms. The number of aromatic nitrogens is 2. The fourth-order valence-electron chi connectivity index (χ4n) is 2.27. The lowest BCUT2D eigenvalue weighted by Crippen LogP contribution is -2.13. The average Bonchev–Trinajstić information content (AvgIpc) is 3.48. The Morgan fingerprint density at radius 1 is 0.881 bits per heavy atom. The maximum absolute atomic E-state index is 12.0. The van der Waals surface area contributed by atoms with Gasteiger partial charge in [-0.15, -0.1) is 16.9 Å². The minimum absolute atomic E-state index is 0. The first kappa shape index (κ1) is 35.7. The van der Waals surface area contributed by atoms with E-state index >= 15 is 0 Å². The molecule has 2 aromatic heterocycles. The summed E-state index contributed by atoms with van der Waals surface area (Å²) in [6, 6.07) is 13.4. The van der Waals surface area contributed by atoms with Crippen LogP contribution < -0.4 is 5.32 Å². The van der Waals surface area contributed by atoms with E-state index in [1.807, 2.05) is 36.6 Å². The monoisotopic (exact) mass is 590 g/mol. The van der Waals surface area contributed by atoms with Crippen molar-refractivity contribution in [3.8, 4) is 93.5 Å². The van der Waals surface area contributed by atoms with Crippen molar-refractivity contribution in [1.82, 2.24) is 9.97 Å². The van der Waals surface area contributed by atoms with E-state index in [0.29, 0.717) is 11.5 Å². The van der Waals surface area contributed by atoms with Gasteiger partial charge in [0, 0.05) is 21.4 Å². The predicted octanol–water partition coefficient (Wildman–Crippen LogP) is 6.09. The molecule has 0 fully saturated rings. The summed E-state index contributed by atoms with van der Waals surface area (Å²) >= 11 is 4.33. The number of hydrogen-bond acceptors (Lipinski definition) is 7. The van der Waals surface area contributed by atoms with Gasteiger partial charge in [-0.05, 0) is 114 Å². The molecule has 8 nitrogen and oxygen atoms in total. The maximum atomic E-state index is 12.0. The lowest BCUT2D eigenvalue weighted by atomic mass is 10.2. The Hall–Kier alpha value is -6.28. The van der Waals surface area contributed by atoms with Crippen LogP contribution in [-0.2, 0) is 12.5 Å². The third-order valence-electron chi connectivity index (χ3n) is 3.88. The lowest BCUT2D eigenvalue weighted by Gasteiger charge is -2.00. The van der Waals surface area contributed by atoms with Gasteiger partial charge >= 0.3 is 0 Å². The summed E-state index contributed by atoms with van der Waals surface area (Å²) in [5.74, 6) is 35.9. The van der Waals surface area contributed by atoms with Gasteiger partial charge in [-0.3, -0.25) is 9.78 Å². The molecule has 208 valence electrons. The number of aryl methyl sites for hydroxylation is 1. The molecule has 3 aromatic rings. The number of nitrogens with one attached hydrogen (secondary N) is 2. The summed E-state index contributed by atoms with van der Waals surface area (Å²) in [5.41, 5.74) is 14.9. The number of anilines is 1. The molecule has 0 radical (unpaired) electrons. The number of thiazole rings is 1. The first-order valence-corrected chi connectivity index (χ1v) is 12.5. The predicted molar refractivity (Wildman–Crippen MR) is 174 cm³/mol. The van der Waals surface area contributed by atoms with Gasteiger partial charge in [0.2, 0.25) is 0 Å².